The van der Waals surface area contributed by atoms with Crippen molar-refractivity contribution in [3.63, 3.8) is 0 Å². The lowest BCUT2D eigenvalue weighted by Crippen LogP contribution is -2.09. The molecule has 3 aromatic rings. The standard InChI is InChI=1S/C19H15BrF3N3O2/c1-27-15-6-9-5-12-17(11(9)8-16(15)28-2)25-26-18(12)24-14-4-3-10(20)7-13(14)19(21,22)23/h3-4,6-8H,5H2,1-2H3,(H2,24,25,26). The van der Waals surface area contributed by atoms with Crippen LogP contribution < -0.4 is 14.8 Å². The fourth-order valence-corrected chi connectivity index (χ4v) is 3.70. The van der Waals surface area contributed by atoms with E-state index in [1.54, 1.807) is 20.3 Å². The van der Waals surface area contributed by atoms with Gasteiger partial charge in [0.15, 0.2) is 17.3 Å². The Kier molecular flexibility index (Phi) is 4.49. The van der Waals surface area contributed by atoms with E-state index in [9.17, 15) is 13.2 Å². The number of rotatable bonds is 4. The number of H-pyrrole nitrogens is 1. The minimum Gasteiger partial charge on any atom is -0.493 e. The summed E-state index contributed by atoms with van der Waals surface area (Å²) in [7, 11) is 3.10. The number of hydrogen-bond donors (Lipinski definition) is 2. The molecule has 0 fully saturated rings. The SMILES string of the molecule is COc1cc2c(cc1OC)-c1[nH]nc(Nc3ccc(Br)cc3C(F)(F)F)c1C2. The van der Waals surface area contributed by atoms with Crippen molar-refractivity contribution < 1.29 is 22.6 Å². The molecule has 28 heavy (non-hydrogen) atoms. The predicted molar refractivity (Wildman–Crippen MR) is 102 cm³/mol. The summed E-state index contributed by atoms with van der Waals surface area (Å²) in [5.41, 5.74) is 2.59. The van der Waals surface area contributed by atoms with Gasteiger partial charge in [-0.1, -0.05) is 15.9 Å². The van der Waals surface area contributed by atoms with E-state index in [0.29, 0.717) is 28.2 Å². The van der Waals surface area contributed by atoms with Crippen molar-refractivity contribution in [3.8, 4) is 22.8 Å². The highest BCUT2D eigenvalue weighted by Gasteiger charge is 2.34. The normalized spacial score (nSPS) is 12.5. The number of methoxy groups -OCH3 is 2. The maximum atomic E-state index is 13.4. The highest BCUT2D eigenvalue weighted by Crippen LogP contribution is 2.45. The van der Waals surface area contributed by atoms with Crippen molar-refractivity contribution in [2.75, 3.05) is 19.5 Å². The van der Waals surface area contributed by atoms with E-state index in [4.69, 9.17) is 9.47 Å². The zero-order valence-electron chi connectivity index (χ0n) is 14.9. The molecule has 1 aliphatic rings. The summed E-state index contributed by atoms with van der Waals surface area (Å²) in [6.45, 7) is 0. The van der Waals surface area contributed by atoms with E-state index in [1.807, 2.05) is 12.1 Å². The Morgan fingerprint density at radius 1 is 1.11 bits per heavy atom. The highest BCUT2D eigenvalue weighted by atomic mass is 79.9. The molecule has 2 N–H and O–H groups in total. The minimum absolute atomic E-state index is 0.0592. The first kappa shape index (κ1) is 18.7. The molecule has 5 nitrogen and oxygen atoms in total. The third-order valence-corrected chi connectivity index (χ3v) is 5.15. The number of anilines is 2. The van der Waals surface area contributed by atoms with Crippen LogP contribution in [0.3, 0.4) is 0 Å². The van der Waals surface area contributed by atoms with Crippen molar-refractivity contribution in [3.05, 3.63) is 51.5 Å². The van der Waals surface area contributed by atoms with Gasteiger partial charge >= 0.3 is 6.18 Å². The molecule has 0 amide bonds. The Morgan fingerprint density at radius 3 is 2.50 bits per heavy atom. The summed E-state index contributed by atoms with van der Waals surface area (Å²) in [4.78, 5) is 0. The first-order valence-electron chi connectivity index (χ1n) is 8.28. The van der Waals surface area contributed by atoms with Crippen LogP contribution in [0.1, 0.15) is 16.7 Å². The van der Waals surface area contributed by atoms with Gasteiger partial charge in [-0.15, -0.1) is 0 Å². The largest absolute Gasteiger partial charge is 0.493 e. The first-order chi connectivity index (χ1) is 13.3. The zero-order chi connectivity index (χ0) is 20.1. The van der Waals surface area contributed by atoms with Gasteiger partial charge in [-0.2, -0.15) is 18.3 Å². The molecule has 0 aliphatic heterocycles. The Labute approximate surface area is 167 Å². The lowest BCUT2D eigenvalue weighted by molar-refractivity contribution is -0.137. The molecule has 0 spiro atoms. The minimum atomic E-state index is -4.49. The molecule has 4 rings (SSSR count). The molecule has 0 bridgehead atoms. The van der Waals surface area contributed by atoms with Gasteiger partial charge in [0.2, 0.25) is 0 Å². The number of ether oxygens (including phenoxy) is 2. The second-order valence-corrected chi connectivity index (χ2v) is 7.20. The lowest BCUT2D eigenvalue weighted by atomic mass is 10.1. The monoisotopic (exact) mass is 453 g/mol. The van der Waals surface area contributed by atoms with Gasteiger partial charge in [-0.25, -0.2) is 0 Å². The summed E-state index contributed by atoms with van der Waals surface area (Å²) in [6.07, 6.45) is -3.98. The molecule has 1 aliphatic carbocycles. The highest BCUT2D eigenvalue weighted by molar-refractivity contribution is 9.10. The lowest BCUT2D eigenvalue weighted by Gasteiger charge is -2.14. The van der Waals surface area contributed by atoms with Crippen molar-refractivity contribution in [1.29, 1.82) is 0 Å². The molecular weight excluding hydrogens is 439 g/mol. The second kappa shape index (κ2) is 6.73. The van der Waals surface area contributed by atoms with Crippen LogP contribution in [0.15, 0.2) is 34.8 Å². The molecular formula is C19H15BrF3N3O2. The second-order valence-electron chi connectivity index (χ2n) is 6.28. The maximum Gasteiger partial charge on any atom is 0.418 e. The number of nitrogens with one attached hydrogen (secondary N) is 2. The van der Waals surface area contributed by atoms with Crippen molar-refractivity contribution in [1.82, 2.24) is 10.2 Å². The summed E-state index contributed by atoms with van der Waals surface area (Å²) >= 11 is 3.09. The molecule has 2 aromatic carbocycles. The Morgan fingerprint density at radius 2 is 1.82 bits per heavy atom. The van der Waals surface area contributed by atoms with E-state index >= 15 is 0 Å². The molecule has 0 saturated carbocycles. The third-order valence-electron chi connectivity index (χ3n) is 4.65. The number of nitrogens with zero attached hydrogens (tertiary/aromatic N) is 1. The number of alkyl halides is 3. The predicted octanol–water partition coefficient (Wildman–Crippen LogP) is 5.52. The molecule has 0 unspecified atom stereocenters. The third kappa shape index (κ3) is 3.09. The van der Waals surface area contributed by atoms with E-state index in [0.717, 1.165) is 28.5 Å². The van der Waals surface area contributed by atoms with Gasteiger partial charge in [0.25, 0.3) is 0 Å². The fourth-order valence-electron chi connectivity index (χ4n) is 3.34. The van der Waals surface area contributed by atoms with Gasteiger partial charge in [0, 0.05) is 22.0 Å². The van der Waals surface area contributed by atoms with Gasteiger partial charge in [-0.05, 0) is 35.9 Å². The summed E-state index contributed by atoms with van der Waals surface area (Å²) in [5, 5.41) is 9.94. The number of hydrogen-bond acceptors (Lipinski definition) is 4. The van der Waals surface area contributed by atoms with E-state index in [-0.39, 0.29) is 5.69 Å². The van der Waals surface area contributed by atoms with Crippen LogP contribution in [0.5, 0.6) is 11.5 Å². The van der Waals surface area contributed by atoms with Crippen LogP contribution in [-0.4, -0.2) is 24.4 Å². The van der Waals surface area contributed by atoms with E-state index in [1.165, 1.54) is 6.07 Å². The maximum absolute atomic E-state index is 13.4. The molecule has 1 heterocycles. The van der Waals surface area contributed by atoms with Crippen LogP contribution in [-0.2, 0) is 12.6 Å². The molecule has 0 atom stereocenters. The van der Waals surface area contributed by atoms with Crippen LogP contribution in [0.25, 0.3) is 11.3 Å². The zero-order valence-corrected chi connectivity index (χ0v) is 16.5. The number of halogens is 4. The average molecular weight is 454 g/mol. The number of aromatic amines is 1. The first-order valence-corrected chi connectivity index (χ1v) is 9.07. The van der Waals surface area contributed by atoms with Crippen LogP contribution in [0.4, 0.5) is 24.7 Å². The molecule has 1 aromatic heterocycles. The van der Waals surface area contributed by atoms with Crippen LogP contribution in [0, 0.1) is 0 Å². The topological polar surface area (TPSA) is 59.2 Å². The Bertz CT molecular complexity index is 1060. The summed E-state index contributed by atoms with van der Waals surface area (Å²) < 4.78 is 51.2. The molecule has 0 radical (unpaired) electrons. The summed E-state index contributed by atoms with van der Waals surface area (Å²) in [6, 6.07) is 7.67. The number of benzene rings is 2. The summed E-state index contributed by atoms with van der Waals surface area (Å²) in [5.74, 6) is 1.53. The average Bonchev–Trinajstić information content (AvgIpc) is 3.20. The fraction of sp³-hybridized carbons (Fsp3) is 0.211. The van der Waals surface area contributed by atoms with Gasteiger partial charge < -0.3 is 14.8 Å². The Hall–Kier alpha value is -2.68. The molecule has 146 valence electrons. The van der Waals surface area contributed by atoms with Crippen LogP contribution >= 0.6 is 15.9 Å². The van der Waals surface area contributed by atoms with Crippen molar-refractivity contribution in [2.24, 2.45) is 0 Å². The van der Waals surface area contributed by atoms with Gasteiger partial charge in [0.1, 0.15) is 0 Å². The molecule has 9 heteroatoms. The van der Waals surface area contributed by atoms with Crippen molar-refractivity contribution in [2.45, 2.75) is 12.6 Å². The quantitative estimate of drug-likeness (QED) is 0.426. The van der Waals surface area contributed by atoms with E-state index in [2.05, 4.69) is 31.4 Å². The Balaban J connectivity index is 1.73. The van der Waals surface area contributed by atoms with Gasteiger partial charge in [-0.3, -0.25) is 5.10 Å². The number of fused-ring (bicyclic) bond motifs is 3. The smallest absolute Gasteiger partial charge is 0.418 e. The van der Waals surface area contributed by atoms with E-state index < -0.39 is 11.7 Å². The van der Waals surface area contributed by atoms with Gasteiger partial charge in [0.05, 0.1) is 31.2 Å². The number of aromatic nitrogens is 2. The van der Waals surface area contributed by atoms with Crippen LogP contribution in [0.2, 0.25) is 0 Å². The van der Waals surface area contributed by atoms with Crippen molar-refractivity contribution >= 4 is 27.4 Å². The molecule has 0 saturated heterocycles.